The van der Waals surface area contributed by atoms with Crippen LogP contribution in [-0.4, -0.2) is 82.3 Å². The molecule has 0 bridgehead atoms. The molecule has 1 aromatic carbocycles. The summed E-state index contributed by atoms with van der Waals surface area (Å²) in [6, 6.07) is 6.79. The van der Waals surface area contributed by atoms with E-state index in [1.54, 1.807) is 7.11 Å². The average molecular weight is 489 g/mol. The van der Waals surface area contributed by atoms with Crippen LogP contribution in [0, 0.1) is 6.92 Å². The van der Waals surface area contributed by atoms with E-state index < -0.39 is 0 Å². The second-order valence-corrected chi connectivity index (χ2v) is 7.11. The minimum absolute atomic E-state index is 0. The van der Waals surface area contributed by atoms with Gasteiger partial charge in [-0.1, -0.05) is 17.7 Å². The molecule has 0 spiro atoms. The van der Waals surface area contributed by atoms with E-state index in [9.17, 15) is 0 Å². The van der Waals surface area contributed by atoms with Gasteiger partial charge in [-0.3, -0.25) is 9.89 Å². The number of aliphatic imine (C=N–C) groups is 1. The van der Waals surface area contributed by atoms with E-state index in [0.29, 0.717) is 6.04 Å². The molecule has 27 heavy (non-hydrogen) atoms. The van der Waals surface area contributed by atoms with Crippen molar-refractivity contribution in [2.24, 2.45) is 4.99 Å². The topological polar surface area (TPSA) is 52.1 Å². The van der Waals surface area contributed by atoms with Crippen LogP contribution in [0.3, 0.4) is 0 Å². The first-order valence-corrected chi connectivity index (χ1v) is 9.58. The van der Waals surface area contributed by atoms with E-state index >= 15 is 0 Å². The SMILES string of the molecule is CCNC(=NCC1CN(C)CCN1C)NCCc1cc(C)ccc1OC.I. The molecule has 1 aliphatic rings. The number of hydrogen-bond acceptors (Lipinski definition) is 4. The number of halogens is 1. The third kappa shape index (κ3) is 7.83. The van der Waals surface area contributed by atoms with Crippen LogP contribution in [0.2, 0.25) is 0 Å². The van der Waals surface area contributed by atoms with Crippen LogP contribution in [0.15, 0.2) is 23.2 Å². The Hall–Kier alpha value is -1.06. The quantitative estimate of drug-likeness (QED) is 0.349. The molecule has 0 amide bonds. The van der Waals surface area contributed by atoms with Gasteiger partial charge in [-0.05, 0) is 46.0 Å². The third-order valence-corrected chi connectivity index (χ3v) is 4.91. The zero-order valence-corrected chi connectivity index (χ0v) is 19.7. The summed E-state index contributed by atoms with van der Waals surface area (Å²) in [6.07, 6.45) is 0.904. The van der Waals surface area contributed by atoms with E-state index in [0.717, 1.165) is 57.4 Å². The summed E-state index contributed by atoms with van der Waals surface area (Å²) in [7, 11) is 6.10. The summed E-state index contributed by atoms with van der Waals surface area (Å²) in [6.45, 7) is 10.0. The van der Waals surface area contributed by atoms with Crippen LogP contribution < -0.4 is 15.4 Å². The Labute approximate surface area is 181 Å². The summed E-state index contributed by atoms with van der Waals surface area (Å²) in [4.78, 5) is 9.60. The van der Waals surface area contributed by atoms with Crippen molar-refractivity contribution in [2.75, 3.05) is 60.5 Å². The predicted octanol–water partition coefficient (Wildman–Crippen LogP) is 1.97. The molecule has 6 nitrogen and oxygen atoms in total. The predicted molar refractivity (Wildman–Crippen MR) is 125 cm³/mol. The zero-order valence-electron chi connectivity index (χ0n) is 17.4. The monoisotopic (exact) mass is 489 g/mol. The molecule has 1 heterocycles. The highest BCUT2D eigenvalue weighted by atomic mass is 127. The van der Waals surface area contributed by atoms with Crippen molar-refractivity contribution in [1.82, 2.24) is 20.4 Å². The fourth-order valence-electron chi connectivity index (χ4n) is 3.26. The maximum atomic E-state index is 5.47. The van der Waals surface area contributed by atoms with Gasteiger partial charge in [0.2, 0.25) is 0 Å². The lowest BCUT2D eigenvalue weighted by Crippen LogP contribution is -2.51. The molecular formula is C20H36IN5O. The first-order chi connectivity index (χ1) is 12.5. The molecule has 1 fully saturated rings. The van der Waals surface area contributed by atoms with Gasteiger partial charge in [-0.2, -0.15) is 0 Å². The highest BCUT2D eigenvalue weighted by Gasteiger charge is 2.21. The van der Waals surface area contributed by atoms with E-state index in [2.05, 4.69) is 60.5 Å². The van der Waals surface area contributed by atoms with Crippen molar-refractivity contribution >= 4 is 29.9 Å². The number of nitrogens with zero attached hydrogens (tertiary/aromatic N) is 3. The lowest BCUT2D eigenvalue weighted by molar-refractivity contribution is 0.119. The van der Waals surface area contributed by atoms with Gasteiger partial charge in [0, 0.05) is 38.8 Å². The Bertz CT molecular complexity index is 596. The maximum absolute atomic E-state index is 5.47. The minimum atomic E-state index is 0. The highest BCUT2D eigenvalue weighted by Crippen LogP contribution is 2.19. The maximum Gasteiger partial charge on any atom is 0.191 e. The van der Waals surface area contributed by atoms with E-state index in [4.69, 9.17) is 9.73 Å². The number of benzene rings is 1. The second kappa shape index (κ2) is 12.4. The molecule has 1 aromatic rings. The summed E-state index contributed by atoms with van der Waals surface area (Å²) >= 11 is 0. The molecule has 1 saturated heterocycles. The van der Waals surface area contributed by atoms with Crippen molar-refractivity contribution in [3.05, 3.63) is 29.3 Å². The second-order valence-electron chi connectivity index (χ2n) is 7.11. The molecule has 0 radical (unpaired) electrons. The van der Waals surface area contributed by atoms with Gasteiger partial charge in [0.1, 0.15) is 5.75 Å². The van der Waals surface area contributed by atoms with Gasteiger partial charge in [0.15, 0.2) is 5.96 Å². The fraction of sp³-hybridized carbons (Fsp3) is 0.650. The fourth-order valence-corrected chi connectivity index (χ4v) is 3.26. The molecule has 2 N–H and O–H groups in total. The first-order valence-electron chi connectivity index (χ1n) is 9.58. The summed E-state index contributed by atoms with van der Waals surface area (Å²) < 4.78 is 5.47. The van der Waals surface area contributed by atoms with Crippen LogP contribution in [0.5, 0.6) is 5.75 Å². The van der Waals surface area contributed by atoms with Crippen molar-refractivity contribution in [2.45, 2.75) is 26.3 Å². The molecule has 154 valence electrons. The Morgan fingerprint density at radius 2 is 2.04 bits per heavy atom. The first kappa shape index (κ1) is 24.0. The summed E-state index contributed by atoms with van der Waals surface area (Å²) in [5.74, 6) is 1.84. The molecule has 1 atom stereocenters. The van der Waals surface area contributed by atoms with Crippen LogP contribution in [0.1, 0.15) is 18.1 Å². The van der Waals surface area contributed by atoms with Gasteiger partial charge in [-0.25, -0.2) is 0 Å². The Kier molecular flexibility index (Phi) is 11.0. The molecule has 1 aliphatic heterocycles. The third-order valence-electron chi connectivity index (χ3n) is 4.91. The molecule has 0 saturated carbocycles. The average Bonchev–Trinajstić information content (AvgIpc) is 2.62. The van der Waals surface area contributed by atoms with Crippen LogP contribution in [0.25, 0.3) is 0 Å². The smallest absolute Gasteiger partial charge is 0.191 e. The van der Waals surface area contributed by atoms with Crippen LogP contribution >= 0.6 is 24.0 Å². The number of likely N-dealkylation sites (N-methyl/N-ethyl adjacent to an activating group) is 2. The van der Waals surface area contributed by atoms with Crippen molar-refractivity contribution in [1.29, 1.82) is 0 Å². The largest absolute Gasteiger partial charge is 0.496 e. The van der Waals surface area contributed by atoms with Gasteiger partial charge in [0.05, 0.1) is 13.7 Å². The highest BCUT2D eigenvalue weighted by molar-refractivity contribution is 14.0. The van der Waals surface area contributed by atoms with Crippen molar-refractivity contribution in [3.8, 4) is 5.75 Å². The minimum Gasteiger partial charge on any atom is -0.496 e. The normalized spacial score (nSPS) is 18.7. The number of aryl methyl sites for hydroxylation is 1. The van der Waals surface area contributed by atoms with Gasteiger partial charge >= 0.3 is 0 Å². The molecule has 2 rings (SSSR count). The standard InChI is InChI=1S/C20H35N5O.HI/c1-6-21-20(23-14-18-15-24(3)11-12-25(18)4)22-10-9-17-13-16(2)7-8-19(17)26-5;/h7-8,13,18H,6,9-12,14-15H2,1-5H3,(H2,21,22,23);1H. The number of methoxy groups -OCH3 is 1. The van der Waals surface area contributed by atoms with Crippen LogP contribution in [0.4, 0.5) is 0 Å². The Morgan fingerprint density at radius 1 is 1.26 bits per heavy atom. The Balaban J connectivity index is 0.00000364. The summed E-state index contributed by atoms with van der Waals surface area (Å²) in [5, 5.41) is 6.81. The number of rotatable bonds is 7. The number of hydrogen-bond donors (Lipinski definition) is 2. The number of piperazine rings is 1. The lowest BCUT2D eigenvalue weighted by atomic mass is 10.1. The molecule has 0 aliphatic carbocycles. The molecule has 1 unspecified atom stereocenters. The van der Waals surface area contributed by atoms with Gasteiger partial charge < -0.3 is 20.3 Å². The van der Waals surface area contributed by atoms with E-state index in [-0.39, 0.29) is 24.0 Å². The van der Waals surface area contributed by atoms with Crippen molar-refractivity contribution in [3.63, 3.8) is 0 Å². The van der Waals surface area contributed by atoms with E-state index in [1.807, 2.05) is 6.07 Å². The zero-order chi connectivity index (χ0) is 18.9. The number of nitrogens with one attached hydrogen (secondary N) is 2. The summed E-state index contributed by atoms with van der Waals surface area (Å²) in [5.41, 5.74) is 2.48. The van der Waals surface area contributed by atoms with Gasteiger partial charge in [0.25, 0.3) is 0 Å². The lowest BCUT2D eigenvalue weighted by Gasteiger charge is -2.36. The number of guanidine groups is 1. The Morgan fingerprint density at radius 3 is 2.74 bits per heavy atom. The molecular weight excluding hydrogens is 453 g/mol. The van der Waals surface area contributed by atoms with E-state index in [1.165, 1.54) is 11.1 Å². The van der Waals surface area contributed by atoms with Crippen LogP contribution in [-0.2, 0) is 6.42 Å². The number of ether oxygens (including phenoxy) is 1. The molecule has 7 heteroatoms. The van der Waals surface area contributed by atoms with Gasteiger partial charge in [-0.15, -0.1) is 24.0 Å². The van der Waals surface area contributed by atoms with Crippen molar-refractivity contribution < 1.29 is 4.74 Å². The molecule has 0 aromatic heterocycles.